The van der Waals surface area contributed by atoms with Crippen molar-refractivity contribution in [2.75, 3.05) is 7.11 Å². The number of methoxy groups -OCH3 is 1. The van der Waals surface area contributed by atoms with Crippen LogP contribution >= 0.6 is 0 Å². The normalized spacial score (nSPS) is 12.7. The molecule has 0 fully saturated rings. The zero-order chi connectivity index (χ0) is 14.5. The molecule has 19 heavy (non-hydrogen) atoms. The van der Waals surface area contributed by atoms with Crippen LogP contribution in [0.4, 0.5) is 4.79 Å². The topological polar surface area (TPSA) is 59.6 Å². The molecule has 0 bridgehead atoms. The molecular formula is C14H22N2O3. The fourth-order valence-electron chi connectivity index (χ4n) is 1.57. The summed E-state index contributed by atoms with van der Waals surface area (Å²) < 4.78 is 10.4. The second-order valence-electron chi connectivity index (χ2n) is 5.23. The summed E-state index contributed by atoms with van der Waals surface area (Å²) >= 11 is 0. The van der Waals surface area contributed by atoms with Gasteiger partial charge in [0.25, 0.3) is 0 Å². The molecule has 0 saturated carbocycles. The molecule has 2 N–H and O–H groups in total. The van der Waals surface area contributed by atoms with Gasteiger partial charge >= 0.3 is 6.09 Å². The molecule has 106 valence electrons. The molecule has 0 radical (unpaired) electrons. The lowest BCUT2D eigenvalue weighted by Crippen LogP contribution is -2.42. The minimum atomic E-state index is -0.514. The lowest BCUT2D eigenvalue weighted by atomic mass is 10.1. The Hall–Kier alpha value is -1.75. The van der Waals surface area contributed by atoms with Gasteiger partial charge in [0, 0.05) is 5.56 Å². The van der Waals surface area contributed by atoms with E-state index in [2.05, 4.69) is 10.9 Å². The van der Waals surface area contributed by atoms with Gasteiger partial charge in [0.1, 0.15) is 11.4 Å². The van der Waals surface area contributed by atoms with Gasteiger partial charge in [0.15, 0.2) is 0 Å². The quantitative estimate of drug-likeness (QED) is 0.823. The first-order valence-corrected chi connectivity index (χ1v) is 6.21. The van der Waals surface area contributed by atoms with Gasteiger partial charge in [0.05, 0.1) is 13.2 Å². The van der Waals surface area contributed by atoms with Crippen molar-refractivity contribution in [3.8, 4) is 5.75 Å². The summed E-state index contributed by atoms with van der Waals surface area (Å²) in [5.74, 6) is 0.772. The average Bonchev–Trinajstić information content (AvgIpc) is 2.33. The summed E-state index contributed by atoms with van der Waals surface area (Å²) in [4.78, 5) is 11.5. The predicted molar refractivity (Wildman–Crippen MR) is 73.9 cm³/mol. The van der Waals surface area contributed by atoms with E-state index < -0.39 is 11.7 Å². The highest BCUT2D eigenvalue weighted by atomic mass is 16.6. The van der Waals surface area contributed by atoms with Gasteiger partial charge in [-0.15, -0.1) is 0 Å². The molecule has 0 spiro atoms. The Morgan fingerprint density at radius 3 is 2.47 bits per heavy atom. The number of benzene rings is 1. The molecule has 1 unspecified atom stereocenters. The van der Waals surface area contributed by atoms with Crippen molar-refractivity contribution < 1.29 is 14.3 Å². The summed E-state index contributed by atoms with van der Waals surface area (Å²) in [6.45, 7) is 7.37. The van der Waals surface area contributed by atoms with Crippen LogP contribution in [-0.4, -0.2) is 18.8 Å². The highest BCUT2D eigenvalue weighted by Gasteiger charge is 2.17. The molecule has 1 aromatic rings. The molecule has 1 rings (SSSR count). The van der Waals surface area contributed by atoms with E-state index in [0.717, 1.165) is 11.3 Å². The Morgan fingerprint density at radius 2 is 1.89 bits per heavy atom. The minimum absolute atomic E-state index is 0.0938. The van der Waals surface area contributed by atoms with Crippen molar-refractivity contribution in [3.05, 3.63) is 29.8 Å². The van der Waals surface area contributed by atoms with Crippen molar-refractivity contribution in [2.24, 2.45) is 0 Å². The molecule has 5 nitrogen and oxygen atoms in total. The third kappa shape index (κ3) is 5.18. The summed E-state index contributed by atoms with van der Waals surface area (Å²) in [5.41, 5.74) is 5.86. The molecule has 0 heterocycles. The number of amides is 1. The number of rotatable bonds is 4. The SMILES string of the molecule is COc1ccccc1C(C)NNC(=O)OC(C)(C)C. The fourth-order valence-corrected chi connectivity index (χ4v) is 1.57. The molecule has 0 aliphatic carbocycles. The summed E-state index contributed by atoms with van der Waals surface area (Å²) in [5, 5.41) is 0. The van der Waals surface area contributed by atoms with Gasteiger partial charge < -0.3 is 9.47 Å². The molecule has 0 aliphatic rings. The molecule has 0 aromatic heterocycles. The van der Waals surface area contributed by atoms with Gasteiger partial charge in [-0.25, -0.2) is 10.2 Å². The van der Waals surface area contributed by atoms with Gasteiger partial charge in [-0.1, -0.05) is 18.2 Å². The number of hydrogen-bond acceptors (Lipinski definition) is 4. The molecule has 1 atom stereocenters. The maximum atomic E-state index is 11.5. The van der Waals surface area contributed by atoms with E-state index in [0.29, 0.717) is 0 Å². The average molecular weight is 266 g/mol. The third-order valence-corrected chi connectivity index (χ3v) is 2.40. The van der Waals surface area contributed by atoms with Crippen molar-refractivity contribution in [2.45, 2.75) is 39.3 Å². The summed E-state index contributed by atoms with van der Waals surface area (Å²) in [7, 11) is 1.62. The zero-order valence-electron chi connectivity index (χ0n) is 12.1. The van der Waals surface area contributed by atoms with Crippen molar-refractivity contribution in [1.82, 2.24) is 10.9 Å². The van der Waals surface area contributed by atoms with Crippen molar-refractivity contribution >= 4 is 6.09 Å². The summed E-state index contributed by atoms with van der Waals surface area (Å²) in [6.07, 6.45) is -0.505. The minimum Gasteiger partial charge on any atom is -0.496 e. The first-order valence-electron chi connectivity index (χ1n) is 6.21. The van der Waals surface area contributed by atoms with Crippen LogP contribution < -0.4 is 15.6 Å². The maximum absolute atomic E-state index is 11.5. The number of hydrazine groups is 1. The van der Waals surface area contributed by atoms with Crippen LogP contribution in [0, 0.1) is 0 Å². The molecule has 1 aromatic carbocycles. The highest BCUT2D eigenvalue weighted by molar-refractivity contribution is 5.67. The van der Waals surface area contributed by atoms with E-state index in [-0.39, 0.29) is 6.04 Å². The second kappa shape index (κ2) is 6.43. The van der Waals surface area contributed by atoms with E-state index in [1.54, 1.807) is 7.11 Å². The van der Waals surface area contributed by atoms with E-state index >= 15 is 0 Å². The van der Waals surface area contributed by atoms with Crippen LogP contribution in [0.25, 0.3) is 0 Å². The third-order valence-electron chi connectivity index (χ3n) is 2.40. The Morgan fingerprint density at radius 1 is 1.26 bits per heavy atom. The largest absolute Gasteiger partial charge is 0.496 e. The molecular weight excluding hydrogens is 244 g/mol. The van der Waals surface area contributed by atoms with Gasteiger partial charge in [0.2, 0.25) is 0 Å². The molecule has 1 amide bonds. The predicted octanol–water partition coefficient (Wildman–Crippen LogP) is 2.79. The summed E-state index contributed by atoms with van der Waals surface area (Å²) in [6, 6.07) is 7.54. The Balaban J connectivity index is 2.56. The lowest BCUT2D eigenvalue weighted by Gasteiger charge is -2.22. The van der Waals surface area contributed by atoms with Gasteiger partial charge in [-0.2, -0.15) is 0 Å². The maximum Gasteiger partial charge on any atom is 0.422 e. The van der Waals surface area contributed by atoms with Crippen LogP contribution in [-0.2, 0) is 4.74 Å². The van der Waals surface area contributed by atoms with Gasteiger partial charge in [-0.05, 0) is 33.8 Å². The molecule has 0 saturated heterocycles. The van der Waals surface area contributed by atoms with E-state index in [4.69, 9.17) is 9.47 Å². The number of ether oxygens (including phenoxy) is 2. The highest BCUT2D eigenvalue weighted by Crippen LogP contribution is 2.23. The van der Waals surface area contributed by atoms with Crippen molar-refractivity contribution in [3.63, 3.8) is 0 Å². The molecule has 0 aliphatic heterocycles. The fraction of sp³-hybridized carbons (Fsp3) is 0.500. The molecule has 5 heteroatoms. The van der Waals surface area contributed by atoms with Crippen molar-refractivity contribution in [1.29, 1.82) is 0 Å². The Kier molecular flexibility index (Phi) is 5.18. The van der Waals surface area contributed by atoms with Crippen LogP contribution in [0.3, 0.4) is 0 Å². The Bertz CT molecular complexity index is 427. The number of hydrogen-bond donors (Lipinski definition) is 2. The monoisotopic (exact) mass is 266 g/mol. The number of carbonyl (C=O) groups is 1. The van der Waals surface area contributed by atoms with E-state index in [1.807, 2.05) is 52.0 Å². The smallest absolute Gasteiger partial charge is 0.422 e. The Labute approximate surface area is 114 Å². The van der Waals surface area contributed by atoms with E-state index in [9.17, 15) is 4.79 Å². The lowest BCUT2D eigenvalue weighted by molar-refractivity contribution is 0.0489. The van der Waals surface area contributed by atoms with Gasteiger partial charge in [-0.3, -0.25) is 5.43 Å². The van der Waals surface area contributed by atoms with Crippen LogP contribution in [0.2, 0.25) is 0 Å². The first kappa shape index (κ1) is 15.3. The zero-order valence-corrected chi connectivity index (χ0v) is 12.1. The van der Waals surface area contributed by atoms with Crippen LogP contribution in [0.5, 0.6) is 5.75 Å². The van der Waals surface area contributed by atoms with Crippen LogP contribution in [0.15, 0.2) is 24.3 Å². The standard InChI is InChI=1S/C14H22N2O3/c1-10(11-8-6-7-9-12(11)18-5)15-16-13(17)19-14(2,3)4/h6-10,15H,1-5H3,(H,16,17). The first-order chi connectivity index (χ1) is 8.83. The van der Waals surface area contributed by atoms with E-state index in [1.165, 1.54) is 0 Å². The number of carbonyl (C=O) groups excluding carboxylic acids is 1. The number of nitrogens with one attached hydrogen (secondary N) is 2. The second-order valence-corrected chi connectivity index (χ2v) is 5.23. The number of para-hydroxylation sites is 1. The van der Waals surface area contributed by atoms with Crippen LogP contribution in [0.1, 0.15) is 39.3 Å².